The van der Waals surface area contributed by atoms with E-state index >= 15 is 0 Å². The van der Waals surface area contributed by atoms with Gasteiger partial charge in [-0.05, 0) is 26.8 Å². The Morgan fingerprint density at radius 3 is 2.38 bits per heavy atom. The van der Waals surface area contributed by atoms with Crippen molar-refractivity contribution in [2.24, 2.45) is 0 Å². The number of piperazine rings is 1. The lowest BCUT2D eigenvalue weighted by Gasteiger charge is -2.35. The minimum absolute atomic E-state index is 0.0881. The second-order valence-electron chi connectivity index (χ2n) is 4.79. The highest BCUT2D eigenvalue weighted by molar-refractivity contribution is 5.74. The van der Waals surface area contributed by atoms with Crippen LogP contribution in [0.2, 0.25) is 0 Å². The van der Waals surface area contributed by atoms with E-state index < -0.39 is 0 Å². The Hall–Kier alpha value is -0.770. The van der Waals surface area contributed by atoms with Gasteiger partial charge in [-0.25, -0.2) is 4.79 Å². The van der Waals surface area contributed by atoms with E-state index in [-0.39, 0.29) is 12.1 Å². The Balaban J connectivity index is 2.23. The number of carbonyl (C=O) groups excluding carboxylic acids is 1. The van der Waals surface area contributed by atoms with Crippen LogP contribution in [0.15, 0.2) is 0 Å². The molecule has 0 aliphatic carbocycles. The van der Waals surface area contributed by atoms with Crippen LogP contribution in [0.3, 0.4) is 0 Å². The number of rotatable bonds is 4. The topological polar surface area (TPSA) is 35.6 Å². The molecule has 94 valence electrons. The van der Waals surface area contributed by atoms with Crippen LogP contribution in [0.4, 0.5) is 4.79 Å². The first-order chi connectivity index (χ1) is 7.63. The van der Waals surface area contributed by atoms with Gasteiger partial charge in [-0.1, -0.05) is 13.3 Å². The molecule has 16 heavy (non-hydrogen) atoms. The van der Waals surface area contributed by atoms with E-state index in [1.807, 2.05) is 18.7 Å². The number of urea groups is 1. The van der Waals surface area contributed by atoms with Crippen molar-refractivity contribution in [3.8, 4) is 0 Å². The summed E-state index contributed by atoms with van der Waals surface area (Å²) in [7, 11) is 0. The van der Waals surface area contributed by atoms with Gasteiger partial charge in [0, 0.05) is 32.2 Å². The van der Waals surface area contributed by atoms with Gasteiger partial charge in [0.15, 0.2) is 0 Å². The largest absolute Gasteiger partial charge is 0.336 e. The molecule has 0 radical (unpaired) electrons. The summed E-state index contributed by atoms with van der Waals surface area (Å²) in [5.41, 5.74) is 0. The van der Waals surface area contributed by atoms with E-state index in [2.05, 4.69) is 17.1 Å². The van der Waals surface area contributed by atoms with Crippen LogP contribution in [-0.4, -0.2) is 54.6 Å². The summed E-state index contributed by atoms with van der Waals surface area (Å²) in [6.07, 6.45) is 2.51. The third kappa shape index (κ3) is 4.39. The molecule has 0 aromatic rings. The Kier molecular flexibility index (Phi) is 5.60. The number of nitrogens with zero attached hydrogens (tertiary/aromatic N) is 2. The number of unbranched alkanes of at least 4 members (excludes halogenated alkanes) is 1. The first-order valence-electron chi connectivity index (χ1n) is 6.41. The van der Waals surface area contributed by atoms with E-state index in [1.54, 1.807) is 0 Å². The Morgan fingerprint density at radius 1 is 1.25 bits per heavy atom. The molecule has 1 rings (SSSR count). The van der Waals surface area contributed by atoms with Crippen molar-refractivity contribution in [1.82, 2.24) is 15.1 Å². The van der Waals surface area contributed by atoms with Gasteiger partial charge in [0.05, 0.1) is 0 Å². The molecular formula is C12H25N3O. The van der Waals surface area contributed by atoms with Crippen LogP contribution in [-0.2, 0) is 0 Å². The Bertz CT molecular complexity index is 210. The third-order valence-electron chi connectivity index (χ3n) is 2.90. The van der Waals surface area contributed by atoms with E-state index in [4.69, 9.17) is 0 Å². The molecule has 1 N–H and O–H groups in total. The van der Waals surface area contributed by atoms with Gasteiger partial charge in [0.1, 0.15) is 0 Å². The van der Waals surface area contributed by atoms with Crippen LogP contribution in [0.5, 0.6) is 0 Å². The van der Waals surface area contributed by atoms with Crippen molar-refractivity contribution >= 4 is 6.03 Å². The van der Waals surface area contributed by atoms with Crippen LogP contribution >= 0.6 is 0 Å². The van der Waals surface area contributed by atoms with Crippen molar-refractivity contribution in [1.29, 1.82) is 0 Å². The Labute approximate surface area is 99.0 Å². The van der Waals surface area contributed by atoms with Crippen LogP contribution in [0.25, 0.3) is 0 Å². The lowest BCUT2D eigenvalue weighted by molar-refractivity contribution is 0.137. The first-order valence-corrected chi connectivity index (χ1v) is 6.41. The van der Waals surface area contributed by atoms with Gasteiger partial charge in [0.25, 0.3) is 0 Å². The fraction of sp³-hybridized carbons (Fsp3) is 0.917. The maximum atomic E-state index is 11.7. The highest BCUT2D eigenvalue weighted by Crippen LogP contribution is 2.04. The summed E-state index contributed by atoms with van der Waals surface area (Å²) < 4.78 is 0. The monoisotopic (exact) mass is 227 g/mol. The molecular weight excluding hydrogens is 202 g/mol. The maximum absolute atomic E-state index is 11.7. The molecule has 0 aromatic heterocycles. The molecule has 2 amide bonds. The molecule has 0 bridgehead atoms. The standard InChI is InChI=1S/C12H25N3O/c1-4-5-6-14-7-9-15(10-8-14)12(16)13-11(2)3/h11H,4-10H2,1-3H3,(H,13,16). The van der Waals surface area contributed by atoms with Gasteiger partial charge < -0.3 is 10.2 Å². The Morgan fingerprint density at radius 2 is 1.88 bits per heavy atom. The molecule has 0 saturated carbocycles. The molecule has 4 heteroatoms. The fourth-order valence-electron chi connectivity index (χ4n) is 1.89. The fourth-order valence-corrected chi connectivity index (χ4v) is 1.89. The van der Waals surface area contributed by atoms with Crippen LogP contribution in [0, 0.1) is 0 Å². The van der Waals surface area contributed by atoms with E-state index in [0.29, 0.717) is 0 Å². The average Bonchev–Trinajstić information content (AvgIpc) is 2.26. The summed E-state index contributed by atoms with van der Waals surface area (Å²) in [6, 6.07) is 0.316. The number of amides is 2. The average molecular weight is 227 g/mol. The molecule has 0 aromatic carbocycles. The summed E-state index contributed by atoms with van der Waals surface area (Å²) >= 11 is 0. The van der Waals surface area contributed by atoms with Crippen molar-refractivity contribution < 1.29 is 4.79 Å². The second kappa shape index (κ2) is 6.74. The molecule has 0 spiro atoms. The van der Waals surface area contributed by atoms with Gasteiger partial charge in [-0.3, -0.25) is 4.90 Å². The summed E-state index contributed by atoms with van der Waals surface area (Å²) in [5.74, 6) is 0. The number of carbonyl (C=O) groups is 1. The molecule has 0 unspecified atom stereocenters. The summed E-state index contributed by atoms with van der Waals surface area (Å²) in [5, 5.41) is 2.94. The second-order valence-corrected chi connectivity index (χ2v) is 4.79. The predicted octanol–water partition coefficient (Wildman–Crippen LogP) is 1.52. The van der Waals surface area contributed by atoms with Crippen LogP contribution < -0.4 is 5.32 Å². The zero-order valence-electron chi connectivity index (χ0n) is 10.8. The summed E-state index contributed by atoms with van der Waals surface area (Å²) in [6.45, 7) is 11.1. The third-order valence-corrected chi connectivity index (χ3v) is 2.90. The highest BCUT2D eigenvalue weighted by Gasteiger charge is 2.20. The SMILES string of the molecule is CCCCN1CCN(C(=O)NC(C)C)CC1. The minimum atomic E-state index is 0.0881. The highest BCUT2D eigenvalue weighted by atomic mass is 16.2. The van der Waals surface area contributed by atoms with E-state index in [1.165, 1.54) is 19.4 Å². The molecule has 1 saturated heterocycles. The number of hydrogen-bond donors (Lipinski definition) is 1. The molecule has 1 fully saturated rings. The number of hydrogen-bond acceptors (Lipinski definition) is 2. The van der Waals surface area contributed by atoms with Crippen molar-refractivity contribution in [2.45, 2.75) is 39.7 Å². The van der Waals surface area contributed by atoms with Gasteiger partial charge in [-0.15, -0.1) is 0 Å². The molecule has 1 aliphatic rings. The molecule has 0 atom stereocenters. The quantitative estimate of drug-likeness (QED) is 0.790. The number of nitrogens with one attached hydrogen (secondary N) is 1. The summed E-state index contributed by atoms with van der Waals surface area (Å²) in [4.78, 5) is 16.1. The van der Waals surface area contributed by atoms with Gasteiger partial charge in [-0.2, -0.15) is 0 Å². The van der Waals surface area contributed by atoms with Gasteiger partial charge in [0.2, 0.25) is 0 Å². The predicted molar refractivity (Wildman–Crippen MR) is 66.6 cm³/mol. The zero-order valence-corrected chi connectivity index (χ0v) is 10.8. The van der Waals surface area contributed by atoms with E-state index in [0.717, 1.165) is 26.2 Å². The van der Waals surface area contributed by atoms with Crippen molar-refractivity contribution in [3.63, 3.8) is 0 Å². The molecule has 1 aliphatic heterocycles. The lowest BCUT2D eigenvalue weighted by Crippen LogP contribution is -2.52. The lowest BCUT2D eigenvalue weighted by atomic mass is 10.2. The molecule has 1 heterocycles. The normalized spacial score (nSPS) is 17.9. The smallest absolute Gasteiger partial charge is 0.317 e. The maximum Gasteiger partial charge on any atom is 0.317 e. The first kappa shape index (κ1) is 13.3. The van der Waals surface area contributed by atoms with Crippen LogP contribution in [0.1, 0.15) is 33.6 Å². The molecule has 4 nitrogen and oxygen atoms in total. The minimum Gasteiger partial charge on any atom is -0.336 e. The van der Waals surface area contributed by atoms with Crippen molar-refractivity contribution in [3.05, 3.63) is 0 Å². The van der Waals surface area contributed by atoms with Gasteiger partial charge >= 0.3 is 6.03 Å². The zero-order chi connectivity index (χ0) is 12.0. The van der Waals surface area contributed by atoms with Crippen molar-refractivity contribution in [2.75, 3.05) is 32.7 Å². The van der Waals surface area contributed by atoms with E-state index in [9.17, 15) is 4.79 Å².